The Labute approximate surface area is 224 Å². The van der Waals surface area contributed by atoms with E-state index < -0.39 is 56.9 Å². The van der Waals surface area contributed by atoms with Gasteiger partial charge in [-0.05, 0) is 42.7 Å². The molecule has 0 bridgehead atoms. The number of sulfonamides is 1. The van der Waals surface area contributed by atoms with Crippen LogP contribution in [0.4, 0.5) is 18.9 Å². The Morgan fingerprint density at radius 2 is 1.70 bits per heavy atom. The molecule has 0 saturated heterocycles. The van der Waals surface area contributed by atoms with Crippen molar-refractivity contribution in [1.82, 2.24) is 10.2 Å². The van der Waals surface area contributed by atoms with Gasteiger partial charge >= 0.3 is 6.18 Å². The molecule has 0 aliphatic carbocycles. The van der Waals surface area contributed by atoms with Crippen molar-refractivity contribution >= 4 is 50.7 Å². The van der Waals surface area contributed by atoms with Crippen LogP contribution in [-0.2, 0) is 32.3 Å². The Morgan fingerprint density at radius 3 is 2.24 bits per heavy atom. The van der Waals surface area contributed by atoms with Crippen LogP contribution >= 0.6 is 23.2 Å². The van der Waals surface area contributed by atoms with Crippen LogP contribution in [0.5, 0.6) is 0 Å². The van der Waals surface area contributed by atoms with Crippen molar-refractivity contribution in [1.29, 1.82) is 0 Å². The molecule has 0 radical (unpaired) electrons. The maximum atomic E-state index is 13.6. The van der Waals surface area contributed by atoms with Crippen molar-refractivity contribution in [2.24, 2.45) is 0 Å². The fraction of sp³-hybridized carbons (Fsp3) is 0.417. The van der Waals surface area contributed by atoms with Gasteiger partial charge in [0.2, 0.25) is 21.8 Å². The van der Waals surface area contributed by atoms with Gasteiger partial charge < -0.3 is 10.2 Å². The minimum Gasteiger partial charge on any atom is -0.354 e. The number of hydrogen-bond acceptors (Lipinski definition) is 4. The van der Waals surface area contributed by atoms with E-state index in [0.717, 1.165) is 18.4 Å². The van der Waals surface area contributed by atoms with E-state index in [1.807, 2.05) is 6.92 Å². The largest absolute Gasteiger partial charge is 0.417 e. The molecule has 1 N–H and O–H groups in total. The lowest BCUT2D eigenvalue weighted by Gasteiger charge is -2.33. The van der Waals surface area contributed by atoms with Gasteiger partial charge in [-0.3, -0.25) is 13.9 Å². The Bertz CT molecular complexity index is 1230. The van der Waals surface area contributed by atoms with Gasteiger partial charge in [0.1, 0.15) is 12.6 Å². The second kappa shape index (κ2) is 12.8. The molecular formula is C24H28Cl2F3N3O4S. The third kappa shape index (κ3) is 8.24. The number of amides is 2. The van der Waals surface area contributed by atoms with Gasteiger partial charge in [0.15, 0.2) is 0 Å². The maximum Gasteiger partial charge on any atom is 0.417 e. The van der Waals surface area contributed by atoms with Crippen LogP contribution in [0.15, 0.2) is 42.5 Å². The first-order valence-corrected chi connectivity index (χ1v) is 14.0. The summed E-state index contributed by atoms with van der Waals surface area (Å²) in [5.74, 6) is -1.24. The number of alkyl halides is 3. The number of benzene rings is 2. The summed E-state index contributed by atoms with van der Waals surface area (Å²) in [5.41, 5.74) is -1.13. The van der Waals surface area contributed by atoms with Crippen LogP contribution in [0.3, 0.4) is 0 Å². The molecule has 0 aliphatic rings. The quantitative estimate of drug-likeness (QED) is 0.399. The predicted molar refractivity (Wildman–Crippen MR) is 138 cm³/mol. The number of halogens is 5. The van der Waals surface area contributed by atoms with E-state index in [2.05, 4.69) is 5.32 Å². The highest BCUT2D eigenvalue weighted by atomic mass is 35.5. The second-order valence-corrected chi connectivity index (χ2v) is 11.0. The van der Waals surface area contributed by atoms with Crippen molar-refractivity contribution in [3.63, 3.8) is 0 Å². The average Bonchev–Trinajstić information content (AvgIpc) is 2.81. The molecule has 2 rings (SSSR count). The Kier molecular flexibility index (Phi) is 10.7. The van der Waals surface area contributed by atoms with Gasteiger partial charge in [-0.15, -0.1) is 0 Å². The number of nitrogens with one attached hydrogen (secondary N) is 1. The van der Waals surface area contributed by atoms with E-state index in [4.69, 9.17) is 23.2 Å². The summed E-state index contributed by atoms with van der Waals surface area (Å²) < 4.78 is 66.0. The van der Waals surface area contributed by atoms with Gasteiger partial charge in [0.05, 0.1) is 22.5 Å². The predicted octanol–water partition coefficient (Wildman–Crippen LogP) is 5.11. The molecule has 0 spiro atoms. The van der Waals surface area contributed by atoms with Crippen molar-refractivity contribution < 1.29 is 31.2 Å². The van der Waals surface area contributed by atoms with Crippen molar-refractivity contribution in [2.75, 3.05) is 23.7 Å². The zero-order valence-corrected chi connectivity index (χ0v) is 22.8. The second-order valence-electron chi connectivity index (χ2n) is 8.26. The lowest BCUT2D eigenvalue weighted by molar-refractivity contribution is -0.140. The van der Waals surface area contributed by atoms with E-state index in [9.17, 15) is 31.2 Å². The van der Waals surface area contributed by atoms with E-state index in [0.29, 0.717) is 33.9 Å². The van der Waals surface area contributed by atoms with E-state index in [1.54, 1.807) is 31.2 Å². The highest BCUT2D eigenvalue weighted by Gasteiger charge is 2.36. The highest BCUT2D eigenvalue weighted by Crippen LogP contribution is 2.37. The summed E-state index contributed by atoms with van der Waals surface area (Å²) in [6, 6.07) is 8.22. The first-order chi connectivity index (χ1) is 17.2. The van der Waals surface area contributed by atoms with Crippen LogP contribution in [0, 0.1) is 0 Å². The topological polar surface area (TPSA) is 86.8 Å². The third-order valence-corrected chi connectivity index (χ3v) is 7.30. The van der Waals surface area contributed by atoms with Gasteiger partial charge in [-0.1, -0.05) is 55.2 Å². The monoisotopic (exact) mass is 581 g/mol. The Balaban J connectivity index is 2.52. The molecule has 7 nitrogen and oxygen atoms in total. The normalized spacial score (nSPS) is 12.6. The van der Waals surface area contributed by atoms with Crippen LogP contribution in [0.2, 0.25) is 10.0 Å². The fourth-order valence-electron chi connectivity index (χ4n) is 3.59. The molecule has 0 aromatic heterocycles. The van der Waals surface area contributed by atoms with E-state index in [-0.39, 0.29) is 13.0 Å². The Morgan fingerprint density at radius 1 is 1.05 bits per heavy atom. The summed E-state index contributed by atoms with van der Waals surface area (Å²) in [6.07, 6.45) is -3.22. The van der Waals surface area contributed by atoms with E-state index in [1.165, 1.54) is 4.90 Å². The SMILES string of the molecule is CCCNC(=O)C(CC)N(Cc1ccccc1Cl)C(=O)CN(c1ccc(Cl)c(C(F)(F)F)c1)S(C)(=O)=O. The van der Waals surface area contributed by atoms with Gasteiger partial charge in [-0.25, -0.2) is 8.42 Å². The number of carbonyl (C=O) groups is 2. The van der Waals surface area contributed by atoms with E-state index >= 15 is 0 Å². The highest BCUT2D eigenvalue weighted by molar-refractivity contribution is 7.92. The zero-order valence-electron chi connectivity index (χ0n) is 20.5. The van der Waals surface area contributed by atoms with Crippen molar-refractivity contribution in [3.8, 4) is 0 Å². The molecule has 0 heterocycles. The summed E-state index contributed by atoms with van der Waals surface area (Å²) in [7, 11) is -4.22. The van der Waals surface area contributed by atoms with Crippen LogP contribution in [0.25, 0.3) is 0 Å². The third-order valence-electron chi connectivity index (χ3n) is 5.46. The zero-order chi connectivity index (χ0) is 28.0. The molecule has 1 atom stereocenters. The van der Waals surface area contributed by atoms with Gasteiger partial charge in [0, 0.05) is 18.1 Å². The number of rotatable bonds is 11. The number of carbonyl (C=O) groups excluding carboxylic acids is 2. The molecule has 2 amide bonds. The summed E-state index contributed by atoms with van der Waals surface area (Å²) >= 11 is 11.9. The number of nitrogens with zero attached hydrogens (tertiary/aromatic N) is 2. The molecule has 0 saturated carbocycles. The molecule has 0 fully saturated rings. The molecule has 37 heavy (non-hydrogen) atoms. The standard InChI is InChI=1S/C24H28Cl2F3N3O4S/c1-4-12-30-23(34)21(5-2)31(14-16-8-6-7-9-19(16)25)22(33)15-32(37(3,35)36)17-10-11-20(26)18(13-17)24(27,28)29/h6-11,13,21H,4-5,12,14-15H2,1-3H3,(H,30,34). The van der Waals surface area contributed by atoms with Gasteiger partial charge in [0.25, 0.3) is 0 Å². The Hall–Kier alpha value is -2.50. The summed E-state index contributed by atoms with van der Waals surface area (Å²) in [5, 5.41) is 2.44. The molecule has 2 aromatic carbocycles. The number of hydrogen-bond donors (Lipinski definition) is 1. The van der Waals surface area contributed by atoms with Crippen LogP contribution in [-0.4, -0.2) is 50.5 Å². The minimum atomic E-state index is -4.85. The fourth-order valence-corrected chi connectivity index (χ4v) is 4.86. The maximum absolute atomic E-state index is 13.6. The van der Waals surface area contributed by atoms with Crippen LogP contribution < -0.4 is 9.62 Å². The first-order valence-electron chi connectivity index (χ1n) is 11.4. The average molecular weight is 582 g/mol. The lowest BCUT2D eigenvalue weighted by atomic mass is 10.1. The molecular weight excluding hydrogens is 554 g/mol. The van der Waals surface area contributed by atoms with Crippen LogP contribution in [0.1, 0.15) is 37.8 Å². The molecule has 2 aromatic rings. The lowest BCUT2D eigenvalue weighted by Crippen LogP contribution is -2.52. The summed E-state index contributed by atoms with van der Waals surface area (Å²) in [6.45, 7) is 2.94. The first kappa shape index (κ1) is 30.7. The smallest absolute Gasteiger partial charge is 0.354 e. The van der Waals surface area contributed by atoms with Crippen molar-refractivity contribution in [2.45, 2.75) is 45.5 Å². The minimum absolute atomic E-state index is 0.122. The van der Waals surface area contributed by atoms with Crippen molar-refractivity contribution in [3.05, 3.63) is 63.6 Å². The molecule has 0 aliphatic heterocycles. The molecule has 1 unspecified atom stereocenters. The number of anilines is 1. The summed E-state index contributed by atoms with van der Waals surface area (Å²) in [4.78, 5) is 27.6. The molecule has 13 heteroatoms. The molecule has 204 valence electrons. The van der Waals surface area contributed by atoms with Gasteiger partial charge in [-0.2, -0.15) is 13.2 Å².